The zero-order chi connectivity index (χ0) is 17.0. The van der Waals surface area contributed by atoms with E-state index in [0.717, 1.165) is 25.3 Å². The Labute approximate surface area is 139 Å². The van der Waals surface area contributed by atoms with Crippen LogP contribution in [-0.2, 0) is 9.53 Å². The molecular weight excluding hydrogens is 290 g/mol. The van der Waals surface area contributed by atoms with Crippen LogP contribution in [0.3, 0.4) is 0 Å². The molecule has 5 nitrogen and oxygen atoms in total. The lowest BCUT2D eigenvalue weighted by Crippen LogP contribution is -2.58. The number of carbonyl (C=O) groups excluding carboxylic acids is 1. The molecule has 0 radical (unpaired) electrons. The highest BCUT2D eigenvalue weighted by Crippen LogP contribution is 2.17. The molecule has 0 saturated carbocycles. The summed E-state index contributed by atoms with van der Waals surface area (Å²) in [6.45, 7) is 12.4. The zero-order valence-electron chi connectivity index (χ0n) is 14.8. The molecule has 2 atom stereocenters. The molecule has 0 aliphatic carbocycles. The second-order valence-corrected chi connectivity index (χ2v) is 7.30. The van der Waals surface area contributed by atoms with Gasteiger partial charge in [-0.05, 0) is 46.8 Å². The van der Waals surface area contributed by atoms with Gasteiger partial charge in [0, 0.05) is 31.4 Å². The molecule has 2 N–H and O–H groups in total. The molecule has 0 spiro atoms. The van der Waals surface area contributed by atoms with Crippen LogP contribution >= 0.6 is 0 Å². The molecule has 0 bridgehead atoms. The molecule has 1 heterocycles. The minimum Gasteiger partial charge on any atom is -0.457 e. The molecular formula is C18H29N3O2. The first-order chi connectivity index (χ1) is 10.7. The van der Waals surface area contributed by atoms with Gasteiger partial charge in [-0.1, -0.05) is 17.7 Å². The van der Waals surface area contributed by atoms with Gasteiger partial charge in [0.15, 0.2) is 6.17 Å². The highest BCUT2D eigenvalue weighted by Gasteiger charge is 2.32. The minimum absolute atomic E-state index is 0.229. The Hall–Kier alpha value is -1.59. The van der Waals surface area contributed by atoms with E-state index in [1.807, 2.05) is 52.0 Å². The summed E-state index contributed by atoms with van der Waals surface area (Å²) in [4.78, 5) is 14.8. The molecule has 0 amide bonds. The zero-order valence-corrected chi connectivity index (χ0v) is 14.8. The topological polar surface area (TPSA) is 53.6 Å². The van der Waals surface area contributed by atoms with Gasteiger partial charge in [-0.15, -0.1) is 0 Å². The van der Waals surface area contributed by atoms with Crippen LogP contribution in [0.4, 0.5) is 5.69 Å². The SMILES string of the molecule is Cc1ccc(NC(C(=O)OC(C)(C)C)N2CCNC(C)C2)cc1. The van der Waals surface area contributed by atoms with Crippen LogP contribution in [0.2, 0.25) is 0 Å². The van der Waals surface area contributed by atoms with Gasteiger partial charge in [0.05, 0.1) is 0 Å². The third kappa shape index (κ3) is 5.52. The van der Waals surface area contributed by atoms with Gasteiger partial charge in [0.2, 0.25) is 0 Å². The number of hydrogen-bond donors (Lipinski definition) is 2. The van der Waals surface area contributed by atoms with Crippen molar-refractivity contribution in [1.82, 2.24) is 10.2 Å². The van der Waals surface area contributed by atoms with E-state index in [9.17, 15) is 4.79 Å². The first-order valence-corrected chi connectivity index (χ1v) is 8.28. The monoisotopic (exact) mass is 319 g/mol. The largest absolute Gasteiger partial charge is 0.457 e. The van der Waals surface area contributed by atoms with Crippen molar-refractivity contribution in [2.45, 2.75) is 52.4 Å². The van der Waals surface area contributed by atoms with Gasteiger partial charge < -0.3 is 15.4 Å². The summed E-state index contributed by atoms with van der Waals surface area (Å²) < 4.78 is 5.62. The minimum atomic E-state index is -0.496. The van der Waals surface area contributed by atoms with Gasteiger partial charge in [-0.25, -0.2) is 4.79 Å². The number of hydrogen-bond acceptors (Lipinski definition) is 5. The van der Waals surface area contributed by atoms with Crippen molar-refractivity contribution in [2.24, 2.45) is 0 Å². The van der Waals surface area contributed by atoms with Crippen LogP contribution in [0.1, 0.15) is 33.3 Å². The summed E-state index contributed by atoms with van der Waals surface area (Å²) in [5, 5.41) is 6.75. The molecule has 128 valence electrons. The number of carbonyl (C=O) groups is 1. The number of aryl methyl sites for hydroxylation is 1. The van der Waals surface area contributed by atoms with Crippen molar-refractivity contribution in [3.8, 4) is 0 Å². The van der Waals surface area contributed by atoms with Crippen molar-refractivity contribution in [3.63, 3.8) is 0 Å². The molecule has 2 rings (SSSR count). The van der Waals surface area contributed by atoms with E-state index in [-0.39, 0.29) is 5.97 Å². The molecule has 1 aromatic carbocycles. The second-order valence-electron chi connectivity index (χ2n) is 7.30. The number of nitrogens with one attached hydrogen (secondary N) is 2. The standard InChI is InChI=1S/C18H29N3O2/c1-13-6-8-15(9-7-13)20-16(17(22)23-18(3,4)5)21-11-10-19-14(2)12-21/h6-9,14,16,19-20H,10-12H2,1-5H3. The van der Waals surface area contributed by atoms with E-state index in [0.29, 0.717) is 6.04 Å². The normalized spacial score (nSPS) is 20.8. The smallest absolute Gasteiger partial charge is 0.344 e. The number of nitrogens with zero attached hydrogens (tertiary/aromatic N) is 1. The van der Waals surface area contributed by atoms with Crippen molar-refractivity contribution in [3.05, 3.63) is 29.8 Å². The van der Waals surface area contributed by atoms with Crippen molar-refractivity contribution in [1.29, 1.82) is 0 Å². The first kappa shape index (κ1) is 17.8. The lowest BCUT2D eigenvalue weighted by Gasteiger charge is -2.38. The van der Waals surface area contributed by atoms with Crippen LogP contribution in [0, 0.1) is 6.92 Å². The Morgan fingerprint density at radius 3 is 2.57 bits per heavy atom. The van der Waals surface area contributed by atoms with Gasteiger partial charge in [0.1, 0.15) is 5.60 Å². The molecule has 23 heavy (non-hydrogen) atoms. The van der Waals surface area contributed by atoms with Gasteiger partial charge in [0.25, 0.3) is 0 Å². The fourth-order valence-electron chi connectivity index (χ4n) is 2.66. The van der Waals surface area contributed by atoms with Crippen molar-refractivity contribution in [2.75, 3.05) is 25.0 Å². The van der Waals surface area contributed by atoms with Crippen LogP contribution in [0.15, 0.2) is 24.3 Å². The van der Waals surface area contributed by atoms with E-state index >= 15 is 0 Å². The maximum absolute atomic E-state index is 12.7. The molecule has 5 heteroatoms. The number of rotatable bonds is 4. The van der Waals surface area contributed by atoms with Crippen molar-refractivity contribution < 1.29 is 9.53 Å². The van der Waals surface area contributed by atoms with Gasteiger partial charge in [-0.2, -0.15) is 0 Å². The highest BCUT2D eigenvalue weighted by atomic mass is 16.6. The Balaban J connectivity index is 2.16. The highest BCUT2D eigenvalue weighted by molar-refractivity contribution is 5.79. The second kappa shape index (κ2) is 7.32. The van der Waals surface area contributed by atoms with E-state index in [4.69, 9.17) is 4.74 Å². The molecule has 1 aromatic rings. The van der Waals surface area contributed by atoms with E-state index < -0.39 is 11.8 Å². The molecule has 1 aliphatic heterocycles. The van der Waals surface area contributed by atoms with Crippen molar-refractivity contribution >= 4 is 11.7 Å². The Morgan fingerprint density at radius 2 is 2.00 bits per heavy atom. The summed E-state index contributed by atoms with van der Waals surface area (Å²) >= 11 is 0. The molecule has 1 saturated heterocycles. The number of esters is 1. The maximum Gasteiger partial charge on any atom is 0.344 e. The summed E-state index contributed by atoms with van der Waals surface area (Å²) in [5.41, 5.74) is 1.63. The summed E-state index contributed by atoms with van der Waals surface area (Å²) in [6.07, 6.45) is -0.471. The van der Waals surface area contributed by atoms with Crippen LogP contribution in [-0.4, -0.2) is 48.3 Å². The lowest BCUT2D eigenvalue weighted by molar-refractivity contribution is -0.160. The lowest BCUT2D eigenvalue weighted by atomic mass is 10.1. The third-order valence-electron chi connectivity index (χ3n) is 3.75. The number of anilines is 1. The van der Waals surface area contributed by atoms with Gasteiger partial charge >= 0.3 is 5.97 Å². The predicted octanol–water partition coefficient (Wildman–Crippen LogP) is 2.37. The maximum atomic E-state index is 12.7. The number of ether oxygens (including phenoxy) is 1. The summed E-state index contributed by atoms with van der Waals surface area (Å²) in [7, 11) is 0. The Morgan fingerprint density at radius 1 is 1.35 bits per heavy atom. The van der Waals surface area contributed by atoms with E-state index in [1.54, 1.807) is 0 Å². The Kier molecular flexibility index (Phi) is 5.65. The van der Waals surface area contributed by atoms with E-state index in [1.165, 1.54) is 5.56 Å². The third-order valence-corrected chi connectivity index (χ3v) is 3.75. The molecule has 2 unspecified atom stereocenters. The predicted molar refractivity (Wildman–Crippen MR) is 93.5 cm³/mol. The number of piperazine rings is 1. The molecule has 1 aliphatic rings. The first-order valence-electron chi connectivity index (χ1n) is 8.28. The van der Waals surface area contributed by atoms with Crippen LogP contribution < -0.4 is 10.6 Å². The number of benzene rings is 1. The fourth-order valence-corrected chi connectivity index (χ4v) is 2.66. The fraction of sp³-hybridized carbons (Fsp3) is 0.611. The average molecular weight is 319 g/mol. The van der Waals surface area contributed by atoms with Crippen LogP contribution in [0.5, 0.6) is 0 Å². The Bertz CT molecular complexity index is 522. The summed E-state index contributed by atoms with van der Waals surface area (Å²) in [5.74, 6) is -0.229. The van der Waals surface area contributed by atoms with E-state index in [2.05, 4.69) is 22.5 Å². The van der Waals surface area contributed by atoms with Gasteiger partial charge in [-0.3, -0.25) is 4.90 Å². The van der Waals surface area contributed by atoms with Crippen LogP contribution in [0.25, 0.3) is 0 Å². The quantitative estimate of drug-likeness (QED) is 0.835. The molecule has 0 aromatic heterocycles. The summed E-state index contributed by atoms with van der Waals surface area (Å²) in [6, 6.07) is 8.42. The molecule has 1 fully saturated rings. The average Bonchev–Trinajstić information content (AvgIpc) is 2.44.